The molecule has 11 nitrogen and oxygen atoms in total. The summed E-state index contributed by atoms with van der Waals surface area (Å²) in [5.41, 5.74) is 0.421. The number of nitrogens with one attached hydrogen (secondary N) is 2. The molecule has 1 saturated heterocycles. The van der Waals surface area contributed by atoms with E-state index in [1.165, 1.54) is 35.4 Å². The van der Waals surface area contributed by atoms with E-state index in [2.05, 4.69) is 20.6 Å². The van der Waals surface area contributed by atoms with Gasteiger partial charge in [0.2, 0.25) is 11.8 Å². The van der Waals surface area contributed by atoms with Crippen LogP contribution in [0.1, 0.15) is 23.2 Å². The number of fused-ring (bicyclic) bond motifs is 1. The summed E-state index contributed by atoms with van der Waals surface area (Å²) in [7, 11) is 2.88. The van der Waals surface area contributed by atoms with Crippen molar-refractivity contribution in [3.8, 4) is 0 Å². The molecule has 2 N–H and O–H groups in total. The van der Waals surface area contributed by atoms with Crippen molar-refractivity contribution in [3.63, 3.8) is 0 Å². The molecule has 1 aromatic carbocycles. The molecule has 2 aromatic heterocycles. The number of thiazole rings is 1. The van der Waals surface area contributed by atoms with Crippen LogP contribution in [-0.4, -0.2) is 59.6 Å². The summed E-state index contributed by atoms with van der Waals surface area (Å²) in [5.74, 6) is -1.21. The first-order valence-electron chi connectivity index (χ1n) is 10.7. The minimum Gasteiger partial charge on any atom is -0.465 e. The first-order valence-corrected chi connectivity index (χ1v) is 11.5. The van der Waals surface area contributed by atoms with Gasteiger partial charge >= 0.3 is 5.97 Å². The summed E-state index contributed by atoms with van der Waals surface area (Å²) in [6, 6.07) is 6.45. The zero-order valence-electron chi connectivity index (χ0n) is 18.7. The number of anilines is 2. The summed E-state index contributed by atoms with van der Waals surface area (Å²) in [4.78, 5) is 60.3. The summed E-state index contributed by atoms with van der Waals surface area (Å²) in [6.07, 6.45) is 2.93. The van der Waals surface area contributed by atoms with E-state index in [9.17, 15) is 19.2 Å². The Morgan fingerprint density at radius 1 is 1.26 bits per heavy atom. The number of rotatable bonds is 6. The van der Waals surface area contributed by atoms with Gasteiger partial charge in [0, 0.05) is 20.1 Å². The average molecular weight is 485 g/mol. The zero-order valence-corrected chi connectivity index (χ0v) is 19.6. The van der Waals surface area contributed by atoms with Gasteiger partial charge in [-0.2, -0.15) is 4.98 Å². The van der Waals surface area contributed by atoms with Gasteiger partial charge in [0.15, 0.2) is 10.8 Å². The van der Waals surface area contributed by atoms with E-state index in [1.54, 1.807) is 25.2 Å². The maximum atomic E-state index is 13.0. The molecule has 4 rings (SSSR count). The fourth-order valence-electron chi connectivity index (χ4n) is 3.88. The largest absolute Gasteiger partial charge is 0.465 e. The first kappa shape index (κ1) is 23.4. The van der Waals surface area contributed by atoms with Crippen molar-refractivity contribution in [1.82, 2.24) is 19.9 Å². The molecule has 0 bridgehead atoms. The third-order valence-corrected chi connectivity index (χ3v) is 6.70. The van der Waals surface area contributed by atoms with Crippen molar-refractivity contribution in [2.24, 2.45) is 5.92 Å². The van der Waals surface area contributed by atoms with Crippen molar-refractivity contribution in [2.45, 2.75) is 19.4 Å². The van der Waals surface area contributed by atoms with Crippen LogP contribution in [0.4, 0.5) is 10.8 Å². The van der Waals surface area contributed by atoms with Gasteiger partial charge in [0.1, 0.15) is 17.6 Å². The van der Waals surface area contributed by atoms with E-state index in [0.717, 1.165) is 19.4 Å². The van der Waals surface area contributed by atoms with E-state index in [4.69, 9.17) is 4.74 Å². The number of methoxy groups -OCH3 is 1. The number of ether oxygens (including phenoxy) is 1. The van der Waals surface area contributed by atoms with Crippen LogP contribution >= 0.6 is 11.3 Å². The third-order valence-electron chi connectivity index (χ3n) is 5.60. The predicted molar refractivity (Wildman–Crippen MR) is 127 cm³/mol. The highest BCUT2D eigenvalue weighted by Crippen LogP contribution is 2.29. The van der Waals surface area contributed by atoms with Gasteiger partial charge in [0.25, 0.3) is 5.56 Å². The van der Waals surface area contributed by atoms with Gasteiger partial charge in [-0.15, -0.1) is 0 Å². The Morgan fingerprint density at radius 2 is 2.06 bits per heavy atom. The predicted octanol–water partition coefficient (Wildman–Crippen LogP) is 1.24. The van der Waals surface area contributed by atoms with Crippen LogP contribution in [0, 0.1) is 5.92 Å². The number of hydrogen-bond donors (Lipinski definition) is 2. The van der Waals surface area contributed by atoms with E-state index in [1.807, 2.05) is 4.90 Å². The van der Waals surface area contributed by atoms with E-state index >= 15 is 0 Å². The second-order valence-electron chi connectivity index (χ2n) is 7.81. The SMILES string of the molecule is CNC(=O)[C@@H]1CCCN(c2nc3ncn(CC(=O)Nc4ccccc4C(=O)OC)c(=O)c3s2)C1. The lowest BCUT2D eigenvalue weighted by Crippen LogP contribution is -2.42. The Bertz CT molecular complexity index is 1300. The second-order valence-corrected chi connectivity index (χ2v) is 8.79. The lowest BCUT2D eigenvalue weighted by atomic mass is 9.98. The summed E-state index contributed by atoms with van der Waals surface area (Å²) >= 11 is 1.20. The standard InChI is InChI=1S/C22H24N6O5S/c1-23-19(30)13-6-5-9-27(10-13)22-26-18-17(34-22)20(31)28(12-24-18)11-16(29)25-15-8-4-3-7-14(15)21(32)33-2/h3-4,7-8,12-13H,5-6,9-11H2,1-2H3,(H,23,30)(H,25,29)/t13-/m1/s1. The molecule has 1 aliphatic rings. The molecular formula is C22H24N6O5S. The molecular weight excluding hydrogens is 460 g/mol. The van der Waals surface area contributed by atoms with Crippen LogP contribution in [0.3, 0.4) is 0 Å². The molecule has 0 saturated carbocycles. The van der Waals surface area contributed by atoms with Crippen LogP contribution in [0.25, 0.3) is 10.3 Å². The second kappa shape index (κ2) is 10.00. The molecule has 12 heteroatoms. The number of carbonyl (C=O) groups is 3. The van der Waals surface area contributed by atoms with Crippen molar-refractivity contribution in [3.05, 3.63) is 46.5 Å². The Balaban J connectivity index is 1.52. The monoisotopic (exact) mass is 484 g/mol. The number of benzene rings is 1. The molecule has 0 radical (unpaired) electrons. The van der Waals surface area contributed by atoms with Crippen molar-refractivity contribution in [2.75, 3.05) is 37.5 Å². The Labute approximate surface area is 198 Å². The van der Waals surface area contributed by atoms with Gasteiger partial charge in [-0.05, 0) is 25.0 Å². The van der Waals surface area contributed by atoms with Gasteiger partial charge in [-0.3, -0.25) is 19.0 Å². The normalized spacial score (nSPS) is 15.7. The molecule has 3 aromatic rings. The minimum atomic E-state index is -0.579. The minimum absolute atomic E-state index is 0.00826. The van der Waals surface area contributed by atoms with Gasteiger partial charge in [0.05, 0.1) is 24.3 Å². The lowest BCUT2D eigenvalue weighted by molar-refractivity contribution is -0.124. The molecule has 2 amide bonds. The molecule has 1 fully saturated rings. The number of amides is 2. The van der Waals surface area contributed by atoms with Crippen LogP contribution in [-0.2, 0) is 20.9 Å². The molecule has 0 unspecified atom stereocenters. The molecule has 34 heavy (non-hydrogen) atoms. The van der Waals surface area contributed by atoms with E-state index in [-0.39, 0.29) is 35.2 Å². The smallest absolute Gasteiger partial charge is 0.339 e. The van der Waals surface area contributed by atoms with E-state index in [0.29, 0.717) is 22.0 Å². The first-order chi connectivity index (χ1) is 16.4. The van der Waals surface area contributed by atoms with Crippen LogP contribution < -0.4 is 21.1 Å². The van der Waals surface area contributed by atoms with Gasteiger partial charge in [-0.25, -0.2) is 9.78 Å². The summed E-state index contributed by atoms with van der Waals surface area (Å²) < 4.78 is 6.27. The van der Waals surface area contributed by atoms with Crippen LogP contribution in [0.15, 0.2) is 35.4 Å². The number of piperidine rings is 1. The number of esters is 1. The summed E-state index contributed by atoms with van der Waals surface area (Å²) in [6.45, 7) is 0.978. The number of para-hydroxylation sites is 1. The molecule has 0 spiro atoms. The number of aromatic nitrogens is 3. The van der Waals surface area contributed by atoms with Crippen LogP contribution in [0.2, 0.25) is 0 Å². The zero-order chi connectivity index (χ0) is 24.2. The highest BCUT2D eigenvalue weighted by Gasteiger charge is 2.27. The van der Waals surface area contributed by atoms with Gasteiger partial charge < -0.3 is 20.3 Å². The maximum absolute atomic E-state index is 13.0. The topological polar surface area (TPSA) is 136 Å². The van der Waals surface area contributed by atoms with Crippen molar-refractivity contribution in [1.29, 1.82) is 0 Å². The van der Waals surface area contributed by atoms with E-state index < -0.39 is 11.9 Å². The quantitative estimate of drug-likeness (QED) is 0.499. The Hall–Kier alpha value is -3.80. The fourth-order valence-corrected chi connectivity index (χ4v) is 4.88. The molecule has 178 valence electrons. The number of carbonyl (C=O) groups excluding carboxylic acids is 3. The number of nitrogens with zero attached hydrogens (tertiary/aromatic N) is 4. The summed E-state index contributed by atoms with van der Waals surface area (Å²) in [5, 5.41) is 5.96. The number of hydrogen-bond acceptors (Lipinski definition) is 9. The van der Waals surface area contributed by atoms with Crippen molar-refractivity contribution < 1.29 is 19.1 Å². The fraction of sp³-hybridized carbons (Fsp3) is 0.364. The highest BCUT2D eigenvalue weighted by atomic mass is 32.1. The molecule has 1 atom stereocenters. The van der Waals surface area contributed by atoms with Crippen LogP contribution in [0.5, 0.6) is 0 Å². The molecule has 3 heterocycles. The highest BCUT2D eigenvalue weighted by molar-refractivity contribution is 7.22. The molecule has 0 aliphatic carbocycles. The van der Waals surface area contributed by atoms with Gasteiger partial charge in [-0.1, -0.05) is 23.5 Å². The third kappa shape index (κ3) is 4.76. The average Bonchev–Trinajstić information content (AvgIpc) is 3.30. The lowest BCUT2D eigenvalue weighted by Gasteiger charge is -2.31. The Morgan fingerprint density at radius 3 is 2.82 bits per heavy atom. The molecule has 1 aliphatic heterocycles. The van der Waals surface area contributed by atoms with Crippen molar-refractivity contribution >= 4 is 50.3 Å². The Kier molecular flexibility index (Phi) is 6.87. The maximum Gasteiger partial charge on any atom is 0.339 e.